The predicted molar refractivity (Wildman–Crippen MR) is 231 cm³/mol. The van der Waals surface area contributed by atoms with E-state index in [0.717, 1.165) is 17.6 Å². The molecule has 0 unspecified atom stereocenters. The molecular weight excluding hydrogens is 779 g/mol. The number of aliphatic imine (C=N–C) groups is 2. The van der Waals surface area contributed by atoms with Gasteiger partial charge in [-0.15, -0.1) is 0 Å². The summed E-state index contributed by atoms with van der Waals surface area (Å²) in [6, 6.07) is 12.3. The van der Waals surface area contributed by atoms with Gasteiger partial charge >= 0.3 is 0 Å². The van der Waals surface area contributed by atoms with Gasteiger partial charge < -0.3 is 45.1 Å². The van der Waals surface area contributed by atoms with Gasteiger partial charge in [-0.3, -0.25) is 29.2 Å². The fourth-order valence-corrected chi connectivity index (χ4v) is 7.82. The van der Waals surface area contributed by atoms with Crippen molar-refractivity contribution in [2.24, 2.45) is 27.6 Å². The Morgan fingerprint density at radius 2 is 1.33 bits per heavy atom. The van der Waals surface area contributed by atoms with Crippen LogP contribution in [-0.4, -0.2) is 97.5 Å². The number of carbonyl (C=O) groups is 4. The third-order valence-corrected chi connectivity index (χ3v) is 11.7. The van der Waals surface area contributed by atoms with Gasteiger partial charge in [-0.1, -0.05) is 26.0 Å². The zero-order chi connectivity index (χ0) is 42.9. The number of hydrogen-bond acceptors (Lipinski definition) is 11. The molecule has 1 fully saturated rings. The first-order valence-electron chi connectivity index (χ1n) is 20.7. The molecule has 4 atom stereocenters. The monoisotopic (exact) mass is 829 g/mol. The number of nitrogens with one attached hydrogen (secondary N) is 2. The lowest BCUT2D eigenvalue weighted by atomic mass is 10.0. The van der Waals surface area contributed by atoms with Crippen LogP contribution in [0, 0.1) is 11.8 Å². The highest BCUT2D eigenvalue weighted by molar-refractivity contribution is 6.06. The fourth-order valence-electron chi connectivity index (χ4n) is 7.82. The quantitative estimate of drug-likeness (QED) is 0.151. The van der Waals surface area contributed by atoms with Crippen molar-refractivity contribution in [3.05, 3.63) is 83.2 Å². The van der Waals surface area contributed by atoms with Gasteiger partial charge in [0.1, 0.15) is 6.04 Å². The van der Waals surface area contributed by atoms with Crippen LogP contribution in [0.25, 0.3) is 5.57 Å². The molecule has 1 saturated carbocycles. The molecular formula is C46H51N7O8. The Hall–Kier alpha value is -6.48. The number of fused-ring (bicyclic) bond motifs is 4. The summed E-state index contributed by atoms with van der Waals surface area (Å²) >= 11 is 0. The van der Waals surface area contributed by atoms with E-state index in [-0.39, 0.29) is 48.2 Å². The average molecular weight is 830 g/mol. The highest BCUT2D eigenvalue weighted by Crippen LogP contribution is 2.45. The number of hydrogen-bond donors (Lipinski definition) is 3. The number of methoxy groups -OCH3 is 2. The minimum absolute atomic E-state index is 0.0553. The third-order valence-electron chi connectivity index (χ3n) is 11.7. The van der Waals surface area contributed by atoms with E-state index in [1.807, 2.05) is 44.6 Å². The van der Waals surface area contributed by atoms with Gasteiger partial charge in [-0.25, -0.2) is 0 Å². The smallest absolute Gasteiger partial charge is 0.260 e. The lowest BCUT2D eigenvalue weighted by Gasteiger charge is -2.19. The molecule has 61 heavy (non-hydrogen) atoms. The number of nitrogens with zero attached hydrogens (tertiary/aromatic N) is 4. The van der Waals surface area contributed by atoms with Crippen LogP contribution in [0.4, 0.5) is 17.1 Å². The molecule has 8 rings (SSSR count). The summed E-state index contributed by atoms with van der Waals surface area (Å²) < 4.78 is 23.5. The lowest BCUT2D eigenvalue weighted by Crippen LogP contribution is -2.50. The molecule has 0 saturated heterocycles. The number of rotatable bonds is 15. The van der Waals surface area contributed by atoms with E-state index in [1.165, 1.54) is 25.5 Å². The maximum Gasteiger partial charge on any atom is 0.260 e. The van der Waals surface area contributed by atoms with Crippen molar-refractivity contribution in [3.63, 3.8) is 0 Å². The standard InChI is InChI=1S/C46H51N7O8/c1-25(2)42(47)44(55)50-26(3)43(54)51-31-11-9-28(10-12-31)30-16-33-22-49-37-20-41(39(59-5)18-35(37)46(57)53(33)24-30)61-14-6-13-60-40-19-36-34(17-38(40)58-4)45(56)52-23-29(27-7-8-27)15-32(52)21-48-36/h9-12,17-27,32-33,42H,6-8,13-16,47H2,1-5H3,(H,50,55)(H,51,54)/t26-,32-,33-,42-/m0/s1. The van der Waals surface area contributed by atoms with Crippen molar-refractivity contribution in [1.29, 1.82) is 0 Å². The van der Waals surface area contributed by atoms with E-state index >= 15 is 0 Å². The van der Waals surface area contributed by atoms with Crippen molar-refractivity contribution >= 4 is 58.7 Å². The van der Waals surface area contributed by atoms with E-state index in [4.69, 9.17) is 29.7 Å². The van der Waals surface area contributed by atoms with Gasteiger partial charge in [0.15, 0.2) is 23.0 Å². The number of ether oxygens (including phenoxy) is 4. The van der Waals surface area contributed by atoms with Crippen LogP contribution < -0.4 is 35.3 Å². The van der Waals surface area contributed by atoms with Crippen LogP contribution in [0.1, 0.15) is 79.2 Å². The Labute approximate surface area is 354 Å². The molecule has 5 aliphatic rings. The first-order chi connectivity index (χ1) is 29.4. The second kappa shape index (κ2) is 17.2. The molecule has 0 bridgehead atoms. The number of carbonyl (C=O) groups excluding carboxylic acids is 4. The molecule has 4 amide bonds. The molecule has 1 aliphatic carbocycles. The number of anilines is 1. The van der Waals surface area contributed by atoms with Crippen molar-refractivity contribution < 1.29 is 38.1 Å². The summed E-state index contributed by atoms with van der Waals surface area (Å²) in [5.74, 6) is 1.27. The molecule has 0 radical (unpaired) electrons. The predicted octanol–water partition coefficient (Wildman–Crippen LogP) is 6.17. The number of benzene rings is 3. The molecule has 4 aliphatic heterocycles. The van der Waals surface area contributed by atoms with Gasteiger partial charge in [0.2, 0.25) is 11.8 Å². The zero-order valence-corrected chi connectivity index (χ0v) is 35.0. The van der Waals surface area contributed by atoms with E-state index in [9.17, 15) is 19.2 Å². The fraction of sp³-hybridized carbons (Fsp3) is 0.391. The Balaban J connectivity index is 0.865. The van der Waals surface area contributed by atoms with Gasteiger partial charge in [0, 0.05) is 55.5 Å². The summed E-state index contributed by atoms with van der Waals surface area (Å²) in [5, 5.41) is 5.49. The summed E-state index contributed by atoms with van der Waals surface area (Å²) in [6.45, 7) is 5.88. The highest BCUT2D eigenvalue weighted by atomic mass is 16.5. The summed E-state index contributed by atoms with van der Waals surface area (Å²) in [6.07, 6.45) is 11.7. The number of nitrogens with two attached hydrogens (primary N) is 1. The molecule has 4 heterocycles. The van der Waals surface area contributed by atoms with Crippen LogP contribution in [0.15, 0.2) is 76.5 Å². The van der Waals surface area contributed by atoms with Crippen molar-refractivity contribution in [2.75, 3.05) is 32.8 Å². The van der Waals surface area contributed by atoms with Crippen molar-refractivity contribution in [2.45, 2.75) is 77.0 Å². The summed E-state index contributed by atoms with van der Waals surface area (Å²) in [7, 11) is 3.07. The van der Waals surface area contributed by atoms with Gasteiger partial charge in [-0.2, -0.15) is 0 Å². The normalized spacial score (nSPS) is 19.7. The average Bonchev–Trinajstić information content (AvgIpc) is 3.94. The SMILES string of the molecule is COc1cc2c(cc1OCCCOc1cc3c(cc1OC)C(=O)N1C=C(C4CC4)C[C@H]1C=N3)N=C[C@@H]1CC(c3ccc(NC(=O)[C@H](C)NC(=O)[C@@H](N)C(C)C)cc3)=CN1C2=O. The first kappa shape index (κ1) is 41.3. The highest BCUT2D eigenvalue weighted by Gasteiger charge is 2.38. The van der Waals surface area contributed by atoms with E-state index in [1.54, 1.807) is 66.4 Å². The molecule has 15 nitrogen and oxygen atoms in total. The largest absolute Gasteiger partial charge is 0.493 e. The topological polar surface area (TPSA) is 186 Å². The van der Waals surface area contributed by atoms with Gasteiger partial charge in [-0.05, 0) is 79.0 Å². The first-order valence-corrected chi connectivity index (χ1v) is 20.7. The molecule has 3 aromatic rings. The number of amides is 4. The Morgan fingerprint density at radius 1 is 0.770 bits per heavy atom. The van der Waals surface area contributed by atoms with Crippen LogP contribution in [0.2, 0.25) is 0 Å². The molecule has 318 valence electrons. The van der Waals surface area contributed by atoms with Crippen LogP contribution in [-0.2, 0) is 9.59 Å². The van der Waals surface area contributed by atoms with Gasteiger partial charge in [0.05, 0.1) is 68.1 Å². The minimum atomic E-state index is -0.771. The molecule has 0 spiro atoms. The molecule has 15 heteroatoms. The van der Waals surface area contributed by atoms with E-state index in [0.29, 0.717) is 76.6 Å². The molecule has 3 aromatic carbocycles. The Morgan fingerprint density at radius 3 is 1.87 bits per heavy atom. The van der Waals surface area contributed by atoms with E-state index in [2.05, 4.69) is 15.6 Å². The second-order valence-corrected chi connectivity index (χ2v) is 16.3. The second-order valence-electron chi connectivity index (χ2n) is 16.3. The molecule has 0 aromatic heterocycles. The minimum Gasteiger partial charge on any atom is -0.493 e. The molecule has 4 N–H and O–H groups in total. The summed E-state index contributed by atoms with van der Waals surface area (Å²) in [4.78, 5) is 65.4. The maximum atomic E-state index is 13.9. The van der Waals surface area contributed by atoms with Crippen molar-refractivity contribution in [1.82, 2.24) is 15.1 Å². The third kappa shape index (κ3) is 8.60. The lowest BCUT2D eigenvalue weighted by molar-refractivity contribution is -0.127. The van der Waals surface area contributed by atoms with Crippen LogP contribution in [0.3, 0.4) is 0 Å². The van der Waals surface area contributed by atoms with E-state index < -0.39 is 12.1 Å². The van der Waals surface area contributed by atoms with Crippen LogP contribution in [0.5, 0.6) is 23.0 Å². The Kier molecular flexibility index (Phi) is 11.7. The van der Waals surface area contributed by atoms with Crippen LogP contribution >= 0.6 is 0 Å². The van der Waals surface area contributed by atoms with Gasteiger partial charge in [0.25, 0.3) is 11.8 Å². The maximum absolute atomic E-state index is 13.9. The summed E-state index contributed by atoms with van der Waals surface area (Å²) in [5.41, 5.74) is 11.5. The Bertz CT molecular complexity index is 2370. The van der Waals surface area contributed by atoms with Crippen molar-refractivity contribution in [3.8, 4) is 23.0 Å². The zero-order valence-electron chi connectivity index (χ0n) is 35.0.